The summed E-state index contributed by atoms with van der Waals surface area (Å²) in [5.74, 6) is 0.0673. The fourth-order valence-corrected chi connectivity index (χ4v) is 4.51. The molecule has 0 atom stereocenters. The number of carbonyl (C=O) groups is 1. The van der Waals surface area contributed by atoms with E-state index in [1.165, 1.54) is 24.3 Å². The van der Waals surface area contributed by atoms with E-state index in [0.29, 0.717) is 11.1 Å². The van der Waals surface area contributed by atoms with Crippen LogP contribution in [-0.2, 0) is 16.5 Å². The van der Waals surface area contributed by atoms with Crippen molar-refractivity contribution in [1.29, 1.82) is 0 Å². The minimum atomic E-state index is -3.94. The Kier molecular flexibility index (Phi) is 5.65. The second-order valence-electron chi connectivity index (χ2n) is 7.48. The Bertz CT molecular complexity index is 1330. The lowest BCUT2D eigenvalue weighted by Crippen LogP contribution is -2.10. The van der Waals surface area contributed by atoms with Gasteiger partial charge in [0.2, 0.25) is 0 Å². The number of fused-ring (bicyclic) bond motifs is 1. The second kappa shape index (κ2) is 8.40. The largest absolute Gasteiger partial charge is 0.379 e. The average molecular weight is 434 g/mol. The molecule has 0 N–H and O–H groups in total. The van der Waals surface area contributed by atoms with Crippen molar-refractivity contribution >= 4 is 21.4 Å². The van der Waals surface area contributed by atoms with Crippen LogP contribution in [0.15, 0.2) is 84.0 Å². The van der Waals surface area contributed by atoms with Gasteiger partial charge in [-0.15, -0.1) is 0 Å². The summed E-state index contributed by atoms with van der Waals surface area (Å²) >= 11 is 0. The lowest BCUT2D eigenvalue weighted by Gasteiger charge is -2.08. The third-order valence-electron chi connectivity index (χ3n) is 5.14. The van der Waals surface area contributed by atoms with Crippen LogP contribution in [0.1, 0.15) is 40.4 Å². The Labute approximate surface area is 182 Å². The van der Waals surface area contributed by atoms with Gasteiger partial charge in [0.1, 0.15) is 10.6 Å². The molecule has 0 bridgehead atoms. The number of rotatable bonds is 7. The smallest absolute Gasteiger partial charge is 0.339 e. The van der Waals surface area contributed by atoms with Crippen LogP contribution in [0.5, 0.6) is 5.75 Å². The topological polar surface area (TPSA) is 64.8 Å². The lowest BCUT2D eigenvalue weighted by atomic mass is 9.98. The van der Waals surface area contributed by atoms with Gasteiger partial charge in [0.05, 0.1) is 11.1 Å². The zero-order valence-electron chi connectivity index (χ0n) is 17.4. The molecule has 0 saturated carbocycles. The van der Waals surface area contributed by atoms with E-state index >= 15 is 0 Å². The van der Waals surface area contributed by atoms with Gasteiger partial charge in [-0.25, -0.2) is 0 Å². The SMILES string of the molecule is CCCc1cn2ccccc2c1C(=O)c1ccc(OS(=O)(=O)c2ccc(C)cc2)cc1. The van der Waals surface area contributed by atoms with Crippen LogP contribution >= 0.6 is 0 Å². The fourth-order valence-electron chi connectivity index (χ4n) is 3.58. The minimum absolute atomic E-state index is 0.0859. The van der Waals surface area contributed by atoms with Crippen LogP contribution in [0, 0.1) is 6.92 Å². The van der Waals surface area contributed by atoms with Crippen LogP contribution in [0.3, 0.4) is 0 Å². The summed E-state index contributed by atoms with van der Waals surface area (Å²) < 4.78 is 32.2. The Morgan fingerprint density at radius 1 is 0.968 bits per heavy atom. The van der Waals surface area contributed by atoms with Crippen molar-refractivity contribution in [2.24, 2.45) is 0 Å². The third-order valence-corrected chi connectivity index (χ3v) is 6.40. The summed E-state index contributed by atoms with van der Waals surface area (Å²) in [6.07, 6.45) is 5.66. The molecule has 0 aliphatic rings. The molecule has 0 fully saturated rings. The van der Waals surface area contributed by atoms with Crippen molar-refractivity contribution in [3.8, 4) is 5.75 Å². The standard InChI is InChI=1S/C25H23NO4S/c1-3-6-20-17-26-16-5-4-7-23(26)24(20)25(27)19-10-12-21(13-11-19)30-31(28,29)22-14-8-18(2)9-15-22/h4-5,7-17H,3,6H2,1-2H3. The van der Waals surface area contributed by atoms with Gasteiger partial charge in [0.25, 0.3) is 0 Å². The zero-order chi connectivity index (χ0) is 22.0. The number of aryl methyl sites for hydroxylation is 2. The predicted molar refractivity (Wildman–Crippen MR) is 120 cm³/mol. The number of aromatic nitrogens is 1. The number of hydrogen-bond donors (Lipinski definition) is 0. The van der Waals surface area contributed by atoms with Crippen LogP contribution in [0.4, 0.5) is 0 Å². The van der Waals surface area contributed by atoms with Gasteiger partial charge < -0.3 is 8.58 Å². The molecule has 31 heavy (non-hydrogen) atoms. The van der Waals surface area contributed by atoms with Gasteiger partial charge in [-0.1, -0.05) is 37.1 Å². The average Bonchev–Trinajstić information content (AvgIpc) is 3.12. The zero-order valence-corrected chi connectivity index (χ0v) is 18.2. The van der Waals surface area contributed by atoms with E-state index in [2.05, 4.69) is 6.92 Å². The maximum absolute atomic E-state index is 13.3. The number of nitrogens with zero attached hydrogens (tertiary/aromatic N) is 1. The van der Waals surface area contributed by atoms with Gasteiger partial charge in [-0.3, -0.25) is 4.79 Å². The molecule has 4 aromatic rings. The molecule has 0 spiro atoms. The van der Waals surface area contributed by atoms with Crippen LogP contribution in [-0.4, -0.2) is 18.6 Å². The van der Waals surface area contributed by atoms with E-state index in [4.69, 9.17) is 4.18 Å². The molecule has 0 unspecified atom stereocenters. The number of benzene rings is 2. The highest BCUT2D eigenvalue weighted by molar-refractivity contribution is 7.87. The van der Waals surface area contributed by atoms with Crippen LogP contribution in [0.2, 0.25) is 0 Å². The Morgan fingerprint density at radius 3 is 2.35 bits per heavy atom. The highest BCUT2D eigenvalue weighted by Gasteiger charge is 2.20. The molecule has 0 saturated heterocycles. The van der Waals surface area contributed by atoms with Crippen LogP contribution < -0.4 is 4.18 Å². The van der Waals surface area contributed by atoms with Crippen LogP contribution in [0.25, 0.3) is 5.52 Å². The molecule has 2 heterocycles. The van der Waals surface area contributed by atoms with Crippen molar-refractivity contribution in [2.75, 3.05) is 0 Å². The molecule has 0 amide bonds. The maximum Gasteiger partial charge on any atom is 0.339 e. The Hall–Kier alpha value is -3.38. The molecule has 6 heteroatoms. The van der Waals surface area contributed by atoms with E-state index in [1.807, 2.05) is 41.9 Å². The van der Waals surface area contributed by atoms with E-state index in [1.54, 1.807) is 24.3 Å². The summed E-state index contributed by atoms with van der Waals surface area (Å²) in [4.78, 5) is 13.4. The summed E-state index contributed by atoms with van der Waals surface area (Å²) in [6, 6.07) is 18.4. The molecule has 0 aliphatic carbocycles. The van der Waals surface area contributed by atoms with Gasteiger partial charge in [-0.2, -0.15) is 8.42 Å². The quantitative estimate of drug-likeness (QED) is 0.297. The lowest BCUT2D eigenvalue weighted by molar-refractivity contribution is 0.103. The van der Waals surface area contributed by atoms with Gasteiger partial charge in [-0.05, 0) is 67.4 Å². The first-order valence-corrected chi connectivity index (χ1v) is 11.5. The van der Waals surface area contributed by atoms with Crippen molar-refractivity contribution < 1.29 is 17.4 Å². The van der Waals surface area contributed by atoms with Gasteiger partial charge >= 0.3 is 10.1 Å². The van der Waals surface area contributed by atoms with Gasteiger partial charge in [0.15, 0.2) is 5.78 Å². The number of hydrogen-bond acceptors (Lipinski definition) is 4. The summed E-state index contributed by atoms with van der Waals surface area (Å²) in [5, 5.41) is 0. The minimum Gasteiger partial charge on any atom is -0.379 e. The number of pyridine rings is 1. The van der Waals surface area contributed by atoms with Crippen molar-refractivity contribution in [1.82, 2.24) is 4.40 Å². The number of ketones is 1. The van der Waals surface area contributed by atoms with E-state index in [0.717, 1.165) is 29.5 Å². The molecular formula is C25H23NO4S. The van der Waals surface area contributed by atoms with Crippen molar-refractivity contribution in [2.45, 2.75) is 31.6 Å². The predicted octanol–water partition coefficient (Wildman–Crippen LogP) is 5.20. The molecule has 2 aromatic heterocycles. The highest BCUT2D eigenvalue weighted by atomic mass is 32.2. The van der Waals surface area contributed by atoms with E-state index in [9.17, 15) is 13.2 Å². The summed E-state index contributed by atoms with van der Waals surface area (Å²) in [5.41, 5.74) is 3.99. The molecule has 2 aromatic carbocycles. The molecule has 4 rings (SSSR count). The van der Waals surface area contributed by atoms with Crippen molar-refractivity contribution in [3.63, 3.8) is 0 Å². The monoisotopic (exact) mass is 433 g/mol. The first kappa shape index (κ1) is 20.9. The first-order chi connectivity index (χ1) is 14.9. The first-order valence-electron chi connectivity index (χ1n) is 10.1. The summed E-state index contributed by atoms with van der Waals surface area (Å²) in [6.45, 7) is 3.96. The van der Waals surface area contributed by atoms with E-state index < -0.39 is 10.1 Å². The molecule has 0 radical (unpaired) electrons. The summed E-state index contributed by atoms with van der Waals surface area (Å²) in [7, 11) is -3.94. The Balaban J connectivity index is 1.61. The Morgan fingerprint density at radius 2 is 1.68 bits per heavy atom. The third kappa shape index (κ3) is 4.25. The molecule has 5 nitrogen and oxygen atoms in total. The molecule has 0 aliphatic heterocycles. The fraction of sp³-hybridized carbons (Fsp3) is 0.160. The normalized spacial score (nSPS) is 11.5. The van der Waals surface area contributed by atoms with Gasteiger partial charge in [0, 0.05) is 18.0 Å². The maximum atomic E-state index is 13.3. The van der Waals surface area contributed by atoms with Crippen molar-refractivity contribution in [3.05, 3.63) is 101 Å². The number of carbonyl (C=O) groups excluding carboxylic acids is 1. The molecule has 158 valence electrons. The highest BCUT2D eigenvalue weighted by Crippen LogP contribution is 2.25. The van der Waals surface area contributed by atoms with E-state index in [-0.39, 0.29) is 16.4 Å². The second-order valence-corrected chi connectivity index (χ2v) is 9.02. The molecular weight excluding hydrogens is 410 g/mol.